The van der Waals surface area contributed by atoms with Crippen molar-refractivity contribution in [2.24, 2.45) is 17.3 Å². The molecule has 2 atom stereocenters. The van der Waals surface area contributed by atoms with Crippen molar-refractivity contribution in [3.05, 3.63) is 0 Å². The van der Waals surface area contributed by atoms with E-state index in [1.54, 1.807) is 0 Å². The van der Waals surface area contributed by atoms with Crippen molar-refractivity contribution in [2.75, 3.05) is 6.54 Å². The molecule has 1 spiro atoms. The molecule has 3 saturated carbocycles. The highest BCUT2D eigenvalue weighted by molar-refractivity contribution is 5.85. The van der Waals surface area contributed by atoms with Gasteiger partial charge in [0.15, 0.2) is 0 Å². The normalized spacial score (nSPS) is 39.6. The van der Waals surface area contributed by atoms with Gasteiger partial charge in [-0.1, -0.05) is 12.8 Å². The minimum Gasteiger partial charge on any atom is -0.459 e. The minimum atomic E-state index is -0.375. The average molecular weight is 302 g/mol. The third-order valence-electron chi connectivity index (χ3n) is 5.41. The second-order valence-corrected chi connectivity index (χ2v) is 7.96. The molecular formula is C16H28ClNO2. The van der Waals surface area contributed by atoms with Gasteiger partial charge in [0.2, 0.25) is 0 Å². The van der Waals surface area contributed by atoms with Crippen LogP contribution in [0.1, 0.15) is 59.3 Å². The van der Waals surface area contributed by atoms with E-state index in [1.807, 2.05) is 20.8 Å². The summed E-state index contributed by atoms with van der Waals surface area (Å²) in [5.41, 5.74) is 0.0306. The number of hydrogen-bond acceptors (Lipinski definition) is 3. The first kappa shape index (κ1) is 16.1. The smallest absolute Gasteiger partial charge is 0.323 e. The van der Waals surface area contributed by atoms with Gasteiger partial charge in [-0.15, -0.1) is 12.4 Å². The highest BCUT2D eigenvalue weighted by atomic mass is 35.5. The van der Waals surface area contributed by atoms with E-state index >= 15 is 0 Å². The summed E-state index contributed by atoms with van der Waals surface area (Å²) in [4.78, 5) is 12.2. The molecule has 3 aliphatic carbocycles. The van der Waals surface area contributed by atoms with Gasteiger partial charge in [-0.05, 0) is 63.7 Å². The van der Waals surface area contributed by atoms with Gasteiger partial charge in [0.25, 0.3) is 0 Å². The Labute approximate surface area is 128 Å². The molecule has 0 aromatic rings. The molecule has 0 radical (unpaired) electrons. The number of carbonyl (C=O) groups is 1. The Bertz CT molecular complexity index is 371. The van der Waals surface area contributed by atoms with Crippen LogP contribution < -0.4 is 5.32 Å². The molecule has 4 fully saturated rings. The van der Waals surface area contributed by atoms with Crippen molar-refractivity contribution in [2.45, 2.75) is 70.9 Å². The second kappa shape index (κ2) is 5.49. The molecule has 0 aromatic heterocycles. The molecule has 4 heteroatoms. The number of esters is 1. The summed E-state index contributed by atoms with van der Waals surface area (Å²) < 4.78 is 5.53. The van der Waals surface area contributed by atoms with Gasteiger partial charge in [0.05, 0.1) is 0 Å². The summed E-state index contributed by atoms with van der Waals surface area (Å²) in [5.74, 6) is 1.72. The van der Waals surface area contributed by atoms with Gasteiger partial charge in [-0.3, -0.25) is 4.79 Å². The quantitative estimate of drug-likeness (QED) is 0.755. The van der Waals surface area contributed by atoms with Crippen LogP contribution in [0.25, 0.3) is 0 Å². The van der Waals surface area contributed by atoms with Crippen LogP contribution in [0.15, 0.2) is 0 Å². The first-order chi connectivity index (χ1) is 8.88. The predicted octanol–water partition coefficient (Wildman–Crippen LogP) is 3.31. The molecule has 1 N–H and O–H groups in total. The van der Waals surface area contributed by atoms with Gasteiger partial charge >= 0.3 is 5.97 Å². The number of hydrogen-bond donors (Lipinski definition) is 1. The molecular weight excluding hydrogens is 274 g/mol. The Morgan fingerprint density at radius 2 is 1.80 bits per heavy atom. The summed E-state index contributed by atoms with van der Waals surface area (Å²) >= 11 is 0. The average Bonchev–Trinajstić information content (AvgIpc) is 2.73. The second-order valence-electron chi connectivity index (χ2n) is 7.96. The van der Waals surface area contributed by atoms with E-state index in [4.69, 9.17) is 4.74 Å². The minimum absolute atomic E-state index is 0. The molecule has 1 saturated heterocycles. The number of fused-ring (bicyclic) bond motifs is 2. The molecule has 3 nitrogen and oxygen atoms in total. The molecule has 2 bridgehead atoms. The van der Waals surface area contributed by atoms with Crippen molar-refractivity contribution in [1.29, 1.82) is 0 Å². The van der Waals surface area contributed by atoms with Crippen LogP contribution in [-0.4, -0.2) is 24.2 Å². The van der Waals surface area contributed by atoms with Crippen LogP contribution in [-0.2, 0) is 9.53 Å². The van der Waals surface area contributed by atoms with E-state index in [2.05, 4.69) is 5.32 Å². The Morgan fingerprint density at radius 3 is 2.30 bits per heavy atom. The lowest BCUT2D eigenvalue weighted by Crippen LogP contribution is -2.43. The predicted molar refractivity (Wildman–Crippen MR) is 82.0 cm³/mol. The summed E-state index contributed by atoms with van der Waals surface area (Å²) in [6.45, 7) is 6.85. The van der Waals surface area contributed by atoms with Crippen LogP contribution in [0.2, 0.25) is 0 Å². The Balaban J connectivity index is 0.00000147. The molecule has 2 unspecified atom stereocenters. The van der Waals surface area contributed by atoms with Crippen LogP contribution >= 0.6 is 12.4 Å². The molecule has 116 valence electrons. The lowest BCUT2D eigenvalue weighted by Gasteiger charge is -2.50. The molecule has 0 amide bonds. The number of carbonyl (C=O) groups excluding carboxylic acids is 1. The fourth-order valence-electron chi connectivity index (χ4n) is 4.60. The monoisotopic (exact) mass is 301 g/mol. The van der Waals surface area contributed by atoms with Crippen molar-refractivity contribution < 1.29 is 9.53 Å². The fourth-order valence-corrected chi connectivity index (χ4v) is 4.60. The topological polar surface area (TPSA) is 38.3 Å². The first-order valence-corrected chi connectivity index (χ1v) is 7.84. The maximum atomic E-state index is 12.2. The molecule has 4 rings (SSSR count). The summed E-state index contributed by atoms with van der Waals surface area (Å²) in [6.07, 6.45) is 7.95. The third-order valence-corrected chi connectivity index (χ3v) is 5.41. The van der Waals surface area contributed by atoms with Crippen molar-refractivity contribution in [1.82, 2.24) is 5.32 Å². The summed E-state index contributed by atoms with van der Waals surface area (Å²) in [5, 5.41) is 3.45. The van der Waals surface area contributed by atoms with Gasteiger partial charge in [0, 0.05) is 6.54 Å². The number of rotatable bonds is 1. The number of halogens is 1. The van der Waals surface area contributed by atoms with E-state index in [9.17, 15) is 4.79 Å². The SMILES string of the molecule is CC(C)(C)OC(=O)C1CC2(CN1)CC1CCC2CC1.Cl. The van der Waals surface area contributed by atoms with Gasteiger partial charge < -0.3 is 10.1 Å². The molecule has 20 heavy (non-hydrogen) atoms. The first-order valence-electron chi connectivity index (χ1n) is 7.84. The summed E-state index contributed by atoms with van der Waals surface area (Å²) in [6, 6.07) is -0.0708. The van der Waals surface area contributed by atoms with E-state index in [1.165, 1.54) is 32.1 Å². The molecule has 1 heterocycles. The standard InChI is InChI=1S/C16H27NO2.ClH/c1-15(2,3)19-14(18)13-9-16(10-17-13)8-11-4-6-12(16)7-5-11;/h11-13,17H,4-10H2,1-3H3;1H. The largest absolute Gasteiger partial charge is 0.459 e. The van der Waals surface area contributed by atoms with Crippen LogP contribution in [0, 0.1) is 17.3 Å². The van der Waals surface area contributed by atoms with E-state index in [-0.39, 0.29) is 30.0 Å². The maximum absolute atomic E-state index is 12.2. The van der Waals surface area contributed by atoms with E-state index in [0.29, 0.717) is 5.41 Å². The number of ether oxygens (including phenoxy) is 1. The van der Waals surface area contributed by atoms with Gasteiger partial charge in [-0.25, -0.2) is 0 Å². The van der Waals surface area contributed by atoms with Gasteiger partial charge in [-0.2, -0.15) is 0 Å². The zero-order chi connectivity index (χ0) is 13.7. The molecule has 1 aliphatic heterocycles. The molecule has 4 aliphatic rings. The molecule has 0 aromatic carbocycles. The van der Waals surface area contributed by atoms with Crippen LogP contribution in [0.5, 0.6) is 0 Å². The van der Waals surface area contributed by atoms with Crippen molar-refractivity contribution in [3.63, 3.8) is 0 Å². The Hall–Kier alpha value is -0.280. The highest BCUT2D eigenvalue weighted by Gasteiger charge is 2.52. The van der Waals surface area contributed by atoms with Crippen molar-refractivity contribution >= 4 is 18.4 Å². The van der Waals surface area contributed by atoms with Crippen LogP contribution in [0.3, 0.4) is 0 Å². The third kappa shape index (κ3) is 2.99. The summed E-state index contributed by atoms with van der Waals surface area (Å²) in [7, 11) is 0. The number of nitrogens with one attached hydrogen (secondary N) is 1. The highest BCUT2D eigenvalue weighted by Crippen LogP contribution is 2.56. The maximum Gasteiger partial charge on any atom is 0.323 e. The Morgan fingerprint density at radius 1 is 1.15 bits per heavy atom. The lowest BCUT2D eigenvalue weighted by molar-refractivity contribution is -0.157. The zero-order valence-corrected chi connectivity index (χ0v) is 13.7. The van der Waals surface area contributed by atoms with E-state index in [0.717, 1.165) is 24.8 Å². The van der Waals surface area contributed by atoms with Crippen molar-refractivity contribution in [3.8, 4) is 0 Å². The fraction of sp³-hybridized carbons (Fsp3) is 0.938. The van der Waals surface area contributed by atoms with Crippen LogP contribution in [0.4, 0.5) is 0 Å². The van der Waals surface area contributed by atoms with Gasteiger partial charge in [0.1, 0.15) is 11.6 Å². The Kier molecular flexibility index (Phi) is 4.42. The lowest BCUT2D eigenvalue weighted by atomic mass is 9.55. The van der Waals surface area contributed by atoms with E-state index < -0.39 is 0 Å². The zero-order valence-electron chi connectivity index (χ0n) is 12.9.